The smallest absolute Gasteiger partial charge is 0.0691 e. The van der Waals surface area contributed by atoms with Crippen LogP contribution in [0.3, 0.4) is 0 Å². The lowest BCUT2D eigenvalue weighted by atomic mass is 9.98. The summed E-state index contributed by atoms with van der Waals surface area (Å²) in [5, 5.41) is 9.62. The van der Waals surface area contributed by atoms with Gasteiger partial charge in [-0.2, -0.15) is 0 Å². The second-order valence-corrected chi connectivity index (χ2v) is 4.40. The molecule has 0 saturated heterocycles. The molecule has 1 aromatic rings. The molecule has 0 aliphatic rings. The van der Waals surface area contributed by atoms with E-state index in [-0.39, 0.29) is 6.04 Å². The van der Waals surface area contributed by atoms with Crippen LogP contribution in [-0.2, 0) is 6.42 Å². The van der Waals surface area contributed by atoms with E-state index in [1.54, 1.807) is 0 Å². The summed E-state index contributed by atoms with van der Waals surface area (Å²) in [5.74, 6) is 0. The van der Waals surface area contributed by atoms with Gasteiger partial charge in [0.25, 0.3) is 0 Å². The fraction of sp³-hybridized carbons (Fsp3) is 0.538. The summed E-state index contributed by atoms with van der Waals surface area (Å²) in [6.07, 6.45) is 1.24. The Bertz CT molecular complexity index is 320. The summed E-state index contributed by atoms with van der Waals surface area (Å²) < 4.78 is 0. The molecule has 0 bridgehead atoms. The molecule has 0 spiro atoms. The van der Waals surface area contributed by atoms with Gasteiger partial charge in [-0.25, -0.2) is 0 Å². The van der Waals surface area contributed by atoms with Crippen LogP contribution in [-0.4, -0.2) is 17.3 Å². The summed E-state index contributed by atoms with van der Waals surface area (Å²) in [6.45, 7) is 6.03. The van der Waals surface area contributed by atoms with E-state index in [9.17, 15) is 5.11 Å². The molecule has 1 rings (SSSR count). The van der Waals surface area contributed by atoms with Gasteiger partial charge in [0.2, 0.25) is 0 Å². The van der Waals surface area contributed by atoms with Crippen molar-refractivity contribution in [1.82, 2.24) is 0 Å². The quantitative estimate of drug-likeness (QED) is 0.792. The third-order valence-electron chi connectivity index (χ3n) is 2.82. The fourth-order valence-corrected chi connectivity index (χ4v) is 1.64. The minimum absolute atomic E-state index is 0.143. The zero-order valence-electron chi connectivity index (χ0n) is 9.83. The number of aryl methyl sites for hydroxylation is 3. The highest BCUT2D eigenvalue weighted by atomic mass is 16.3. The lowest BCUT2D eigenvalue weighted by Crippen LogP contribution is -2.31. The monoisotopic (exact) mass is 207 g/mol. The van der Waals surface area contributed by atoms with Crippen LogP contribution in [0, 0.1) is 13.8 Å². The van der Waals surface area contributed by atoms with Gasteiger partial charge in [-0.05, 0) is 44.7 Å². The van der Waals surface area contributed by atoms with Crippen molar-refractivity contribution < 1.29 is 5.11 Å². The van der Waals surface area contributed by atoms with Crippen molar-refractivity contribution in [1.29, 1.82) is 0 Å². The van der Waals surface area contributed by atoms with Gasteiger partial charge in [-0.1, -0.05) is 23.8 Å². The van der Waals surface area contributed by atoms with Crippen molar-refractivity contribution in [3.8, 4) is 0 Å². The number of aliphatic hydroxyl groups excluding tert-OH is 1. The fourth-order valence-electron chi connectivity index (χ4n) is 1.64. The first-order chi connectivity index (χ1) is 7.00. The molecular weight excluding hydrogens is 186 g/mol. The van der Waals surface area contributed by atoms with E-state index in [4.69, 9.17) is 5.73 Å². The van der Waals surface area contributed by atoms with Gasteiger partial charge in [-0.15, -0.1) is 0 Å². The van der Waals surface area contributed by atoms with E-state index in [2.05, 4.69) is 32.0 Å². The van der Waals surface area contributed by atoms with Crippen LogP contribution in [0.15, 0.2) is 18.2 Å². The number of benzene rings is 1. The topological polar surface area (TPSA) is 46.2 Å². The Morgan fingerprint density at radius 3 is 2.60 bits per heavy atom. The maximum atomic E-state index is 9.62. The van der Waals surface area contributed by atoms with Gasteiger partial charge in [-0.3, -0.25) is 0 Å². The van der Waals surface area contributed by atoms with Crippen LogP contribution in [0.2, 0.25) is 0 Å². The first kappa shape index (κ1) is 12.2. The van der Waals surface area contributed by atoms with Gasteiger partial charge in [0.05, 0.1) is 6.10 Å². The second kappa shape index (κ2) is 5.29. The van der Waals surface area contributed by atoms with E-state index >= 15 is 0 Å². The molecule has 0 aromatic heterocycles. The summed E-state index contributed by atoms with van der Waals surface area (Å²) in [4.78, 5) is 0. The van der Waals surface area contributed by atoms with Crippen LogP contribution < -0.4 is 5.73 Å². The minimum atomic E-state index is -0.398. The molecule has 0 aliphatic carbocycles. The molecule has 15 heavy (non-hydrogen) atoms. The predicted octanol–water partition coefficient (Wildman–Crippen LogP) is 1.94. The first-order valence-electron chi connectivity index (χ1n) is 5.50. The number of hydrogen-bond donors (Lipinski definition) is 2. The molecule has 0 aliphatic heterocycles. The minimum Gasteiger partial charge on any atom is -0.392 e. The van der Waals surface area contributed by atoms with Gasteiger partial charge in [0.1, 0.15) is 0 Å². The largest absolute Gasteiger partial charge is 0.392 e. The van der Waals surface area contributed by atoms with Gasteiger partial charge in [0.15, 0.2) is 0 Å². The van der Waals surface area contributed by atoms with Crippen molar-refractivity contribution >= 4 is 0 Å². The highest BCUT2D eigenvalue weighted by Crippen LogP contribution is 2.14. The number of rotatable bonds is 4. The Hall–Kier alpha value is -0.860. The zero-order chi connectivity index (χ0) is 11.4. The van der Waals surface area contributed by atoms with E-state index in [0.29, 0.717) is 0 Å². The maximum Gasteiger partial charge on any atom is 0.0691 e. The molecular formula is C13H21NO. The molecule has 0 radical (unpaired) electrons. The summed E-state index contributed by atoms with van der Waals surface area (Å²) in [7, 11) is 0. The van der Waals surface area contributed by atoms with Crippen LogP contribution in [0.5, 0.6) is 0 Å². The first-order valence-corrected chi connectivity index (χ1v) is 5.50. The van der Waals surface area contributed by atoms with E-state index in [0.717, 1.165) is 12.8 Å². The van der Waals surface area contributed by atoms with Crippen LogP contribution in [0.25, 0.3) is 0 Å². The van der Waals surface area contributed by atoms with Crippen molar-refractivity contribution in [3.63, 3.8) is 0 Å². The van der Waals surface area contributed by atoms with E-state index in [1.807, 2.05) is 6.92 Å². The Morgan fingerprint density at radius 1 is 1.33 bits per heavy atom. The Kier molecular flexibility index (Phi) is 4.30. The molecule has 2 heteroatoms. The van der Waals surface area contributed by atoms with Crippen molar-refractivity contribution in [3.05, 3.63) is 34.9 Å². The van der Waals surface area contributed by atoms with Gasteiger partial charge >= 0.3 is 0 Å². The third-order valence-corrected chi connectivity index (χ3v) is 2.82. The van der Waals surface area contributed by atoms with Crippen LogP contribution >= 0.6 is 0 Å². The molecule has 0 fully saturated rings. The highest BCUT2D eigenvalue weighted by Gasteiger charge is 2.10. The predicted molar refractivity (Wildman–Crippen MR) is 63.9 cm³/mol. The second-order valence-electron chi connectivity index (χ2n) is 4.40. The molecule has 2 atom stereocenters. The molecule has 0 heterocycles. The number of hydrogen-bond acceptors (Lipinski definition) is 2. The van der Waals surface area contributed by atoms with Crippen LogP contribution in [0.4, 0.5) is 0 Å². The summed E-state index contributed by atoms with van der Waals surface area (Å²) >= 11 is 0. The van der Waals surface area contributed by atoms with E-state index in [1.165, 1.54) is 16.7 Å². The average Bonchev–Trinajstić information content (AvgIpc) is 2.18. The number of nitrogens with two attached hydrogens (primary N) is 1. The third kappa shape index (κ3) is 3.65. The van der Waals surface area contributed by atoms with E-state index < -0.39 is 6.10 Å². The molecule has 2 unspecified atom stereocenters. The maximum absolute atomic E-state index is 9.62. The lowest BCUT2D eigenvalue weighted by Gasteiger charge is -2.15. The Labute approximate surface area is 92.1 Å². The lowest BCUT2D eigenvalue weighted by molar-refractivity contribution is 0.141. The molecule has 2 nitrogen and oxygen atoms in total. The van der Waals surface area contributed by atoms with Crippen LogP contribution in [0.1, 0.15) is 30.0 Å². The Balaban J connectivity index is 2.61. The average molecular weight is 207 g/mol. The molecule has 0 saturated carbocycles. The standard InChI is InChI=1S/C13H21NO/c1-9-4-5-10(2)12(8-9)6-7-13(15)11(3)14/h4-5,8,11,13,15H,6-7,14H2,1-3H3. The van der Waals surface area contributed by atoms with Gasteiger partial charge in [0, 0.05) is 6.04 Å². The molecule has 84 valence electrons. The van der Waals surface area contributed by atoms with Gasteiger partial charge < -0.3 is 10.8 Å². The summed E-state index contributed by atoms with van der Waals surface area (Å²) in [5.41, 5.74) is 9.49. The molecule has 3 N–H and O–H groups in total. The SMILES string of the molecule is Cc1ccc(C)c(CCC(O)C(C)N)c1. The molecule has 1 aromatic carbocycles. The number of aliphatic hydroxyl groups is 1. The summed E-state index contributed by atoms with van der Waals surface area (Å²) in [6, 6.07) is 6.28. The Morgan fingerprint density at radius 2 is 2.00 bits per heavy atom. The molecule has 0 amide bonds. The zero-order valence-corrected chi connectivity index (χ0v) is 9.83. The van der Waals surface area contributed by atoms with Crippen molar-refractivity contribution in [2.45, 2.75) is 45.8 Å². The highest BCUT2D eigenvalue weighted by molar-refractivity contribution is 5.30. The normalized spacial score (nSPS) is 15.0. The van der Waals surface area contributed by atoms with Crippen molar-refractivity contribution in [2.24, 2.45) is 5.73 Å². The van der Waals surface area contributed by atoms with Crippen molar-refractivity contribution in [2.75, 3.05) is 0 Å².